The second kappa shape index (κ2) is 5.03. The van der Waals surface area contributed by atoms with E-state index in [9.17, 15) is 4.39 Å². The minimum Gasteiger partial charge on any atom is -0.276 e. The third kappa shape index (κ3) is 2.66. The van der Waals surface area contributed by atoms with E-state index in [4.69, 9.17) is 5.84 Å². The molecule has 1 atom stereocenters. The number of aromatic nitrogens is 3. The molecule has 0 amide bonds. The van der Waals surface area contributed by atoms with Crippen LogP contribution in [0.2, 0.25) is 0 Å². The second-order valence-corrected chi connectivity index (χ2v) is 3.82. The minimum absolute atomic E-state index is 0.318. The van der Waals surface area contributed by atoms with Crippen molar-refractivity contribution in [3.05, 3.63) is 47.8 Å². The number of aryl methyl sites for hydroxylation is 1. The zero-order chi connectivity index (χ0) is 12.3. The Morgan fingerprint density at radius 2 is 2.41 bits per heavy atom. The van der Waals surface area contributed by atoms with Crippen LogP contribution in [0, 0.1) is 5.82 Å². The first-order chi connectivity index (χ1) is 8.20. The van der Waals surface area contributed by atoms with Crippen molar-refractivity contribution in [3.63, 3.8) is 0 Å². The summed E-state index contributed by atoms with van der Waals surface area (Å²) in [7, 11) is 1.83. The van der Waals surface area contributed by atoms with Crippen LogP contribution in [-0.4, -0.2) is 14.8 Å². The lowest BCUT2D eigenvalue weighted by Gasteiger charge is -2.14. The molecule has 2 rings (SSSR count). The molecule has 3 N–H and O–H groups in total. The third-order valence-electron chi connectivity index (χ3n) is 2.52. The Bertz CT molecular complexity index is 496. The Morgan fingerprint density at radius 3 is 3.00 bits per heavy atom. The summed E-state index contributed by atoms with van der Waals surface area (Å²) in [6.45, 7) is 0. The molecule has 0 saturated carbocycles. The van der Waals surface area contributed by atoms with Crippen LogP contribution < -0.4 is 11.3 Å². The molecule has 0 aliphatic rings. The maximum Gasteiger partial charge on any atom is 0.146 e. The van der Waals surface area contributed by atoms with Crippen LogP contribution in [0.4, 0.5) is 4.39 Å². The highest BCUT2D eigenvalue weighted by Gasteiger charge is 2.16. The maximum absolute atomic E-state index is 13.6. The molecule has 0 fully saturated rings. The topological polar surface area (TPSA) is 68.8 Å². The quantitative estimate of drug-likeness (QED) is 0.604. The van der Waals surface area contributed by atoms with Gasteiger partial charge in [-0.1, -0.05) is 0 Å². The summed E-state index contributed by atoms with van der Waals surface area (Å²) in [5, 5.41) is 4.05. The minimum atomic E-state index is -0.362. The van der Waals surface area contributed by atoms with Gasteiger partial charge in [-0.2, -0.15) is 5.10 Å². The number of pyridine rings is 1. The highest BCUT2D eigenvalue weighted by Crippen LogP contribution is 2.17. The Hall–Kier alpha value is -1.79. The van der Waals surface area contributed by atoms with Crippen molar-refractivity contribution in [2.45, 2.75) is 12.5 Å². The zero-order valence-electron chi connectivity index (χ0n) is 9.47. The standard InChI is InChI=1S/C11H14FN5/c1-17-7-8(6-15-17)5-10(16-13)11-9(12)3-2-4-14-11/h2-4,6-7,10,16H,5,13H2,1H3. The number of nitrogens with two attached hydrogens (primary N) is 1. The van der Waals surface area contributed by atoms with E-state index >= 15 is 0 Å². The summed E-state index contributed by atoms with van der Waals surface area (Å²) in [6, 6.07) is 2.56. The highest BCUT2D eigenvalue weighted by atomic mass is 19.1. The Balaban J connectivity index is 2.20. The van der Waals surface area contributed by atoms with E-state index in [1.54, 1.807) is 23.1 Å². The smallest absolute Gasteiger partial charge is 0.146 e. The average molecular weight is 235 g/mol. The molecule has 2 aromatic heterocycles. The van der Waals surface area contributed by atoms with Crippen molar-refractivity contribution in [3.8, 4) is 0 Å². The molecule has 2 heterocycles. The van der Waals surface area contributed by atoms with E-state index in [2.05, 4.69) is 15.5 Å². The van der Waals surface area contributed by atoms with Crippen LogP contribution in [0.3, 0.4) is 0 Å². The van der Waals surface area contributed by atoms with Gasteiger partial charge in [-0.25, -0.2) is 4.39 Å². The molecule has 0 radical (unpaired) electrons. The number of nitrogens with zero attached hydrogens (tertiary/aromatic N) is 3. The van der Waals surface area contributed by atoms with Gasteiger partial charge in [-0.3, -0.25) is 20.9 Å². The molecular formula is C11H14FN5. The molecule has 0 spiro atoms. The second-order valence-electron chi connectivity index (χ2n) is 3.82. The van der Waals surface area contributed by atoms with Gasteiger partial charge in [0, 0.05) is 19.4 Å². The summed E-state index contributed by atoms with van der Waals surface area (Å²) in [5.74, 6) is 5.08. The number of halogens is 1. The number of nitrogens with one attached hydrogen (secondary N) is 1. The maximum atomic E-state index is 13.6. The SMILES string of the molecule is Cn1cc(CC(NN)c2ncccc2F)cn1. The first kappa shape index (κ1) is 11.7. The molecule has 0 aliphatic carbocycles. The fourth-order valence-corrected chi connectivity index (χ4v) is 1.70. The molecule has 5 nitrogen and oxygen atoms in total. The van der Waals surface area contributed by atoms with Crippen LogP contribution in [0.25, 0.3) is 0 Å². The number of hydrogen-bond donors (Lipinski definition) is 2. The van der Waals surface area contributed by atoms with E-state index < -0.39 is 0 Å². The molecule has 0 bridgehead atoms. The normalized spacial score (nSPS) is 12.6. The van der Waals surface area contributed by atoms with Gasteiger partial charge < -0.3 is 0 Å². The predicted molar refractivity (Wildman–Crippen MR) is 61.2 cm³/mol. The lowest BCUT2D eigenvalue weighted by atomic mass is 10.1. The first-order valence-corrected chi connectivity index (χ1v) is 5.24. The van der Waals surface area contributed by atoms with E-state index in [0.717, 1.165) is 5.56 Å². The molecular weight excluding hydrogens is 221 g/mol. The van der Waals surface area contributed by atoms with Gasteiger partial charge in [0.2, 0.25) is 0 Å². The van der Waals surface area contributed by atoms with Gasteiger partial charge in [-0.15, -0.1) is 0 Å². The first-order valence-electron chi connectivity index (χ1n) is 5.24. The van der Waals surface area contributed by atoms with Crippen molar-refractivity contribution >= 4 is 0 Å². The van der Waals surface area contributed by atoms with Crippen LogP contribution in [0.15, 0.2) is 30.7 Å². The molecule has 1 unspecified atom stereocenters. The van der Waals surface area contributed by atoms with E-state index in [1.165, 1.54) is 6.07 Å². The fourth-order valence-electron chi connectivity index (χ4n) is 1.70. The van der Waals surface area contributed by atoms with Crippen LogP contribution in [0.1, 0.15) is 17.3 Å². The molecule has 17 heavy (non-hydrogen) atoms. The molecule has 0 aromatic carbocycles. The molecule has 0 saturated heterocycles. The number of hydrazine groups is 1. The Morgan fingerprint density at radius 1 is 1.59 bits per heavy atom. The van der Waals surface area contributed by atoms with Crippen LogP contribution in [-0.2, 0) is 13.5 Å². The van der Waals surface area contributed by atoms with Crippen molar-refractivity contribution in [2.24, 2.45) is 12.9 Å². The third-order valence-corrected chi connectivity index (χ3v) is 2.52. The van der Waals surface area contributed by atoms with Gasteiger partial charge in [0.05, 0.1) is 17.9 Å². The van der Waals surface area contributed by atoms with Crippen molar-refractivity contribution in [2.75, 3.05) is 0 Å². The zero-order valence-corrected chi connectivity index (χ0v) is 9.47. The predicted octanol–water partition coefficient (Wildman–Crippen LogP) is 0.701. The van der Waals surface area contributed by atoms with Gasteiger partial charge in [0.1, 0.15) is 5.82 Å². The van der Waals surface area contributed by atoms with Crippen molar-refractivity contribution in [1.29, 1.82) is 0 Å². The number of rotatable bonds is 4. The van der Waals surface area contributed by atoms with Gasteiger partial charge >= 0.3 is 0 Å². The van der Waals surface area contributed by atoms with E-state index in [-0.39, 0.29) is 11.9 Å². The summed E-state index contributed by atoms with van der Waals surface area (Å²) >= 11 is 0. The Kier molecular flexibility index (Phi) is 3.46. The van der Waals surface area contributed by atoms with Gasteiger partial charge in [-0.05, 0) is 24.1 Å². The van der Waals surface area contributed by atoms with Crippen LogP contribution in [0.5, 0.6) is 0 Å². The summed E-state index contributed by atoms with van der Waals surface area (Å²) in [4.78, 5) is 4.01. The summed E-state index contributed by atoms with van der Waals surface area (Å²) in [5.41, 5.74) is 3.87. The van der Waals surface area contributed by atoms with Crippen molar-refractivity contribution in [1.82, 2.24) is 20.2 Å². The highest BCUT2D eigenvalue weighted by molar-refractivity contribution is 5.16. The van der Waals surface area contributed by atoms with Gasteiger partial charge in [0.25, 0.3) is 0 Å². The number of hydrogen-bond acceptors (Lipinski definition) is 4. The van der Waals surface area contributed by atoms with Gasteiger partial charge in [0.15, 0.2) is 0 Å². The Labute approximate surface area is 98.4 Å². The lowest BCUT2D eigenvalue weighted by Crippen LogP contribution is -2.30. The van der Waals surface area contributed by atoms with Crippen LogP contribution >= 0.6 is 0 Å². The summed E-state index contributed by atoms with van der Waals surface area (Å²) < 4.78 is 15.2. The molecule has 2 aromatic rings. The summed E-state index contributed by atoms with van der Waals surface area (Å²) in [6.07, 6.45) is 5.68. The lowest BCUT2D eigenvalue weighted by molar-refractivity contribution is 0.494. The van der Waals surface area contributed by atoms with E-state index in [1.807, 2.05) is 13.2 Å². The largest absolute Gasteiger partial charge is 0.276 e. The monoisotopic (exact) mass is 235 g/mol. The molecule has 0 aliphatic heterocycles. The molecule has 90 valence electrons. The van der Waals surface area contributed by atoms with Crippen molar-refractivity contribution < 1.29 is 4.39 Å². The van der Waals surface area contributed by atoms with E-state index in [0.29, 0.717) is 12.1 Å². The molecule has 6 heteroatoms. The average Bonchev–Trinajstić information content (AvgIpc) is 2.73. The fraction of sp³-hybridized carbons (Fsp3) is 0.273.